The van der Waals surface area contributed by atoms with Crippen molar-refractivity contribution in [2.75, 3.05) is 13.1 Å². The Morgan fingerprint density at radius 1 is 1.50 bits per heavy atom. The van der Waals surface area contributed by atoms with Gasteiger partial charge in [-0.3, -0.25) is 4.79 Å². The van der Waals surface area contributed by atoms with Crippen molar-refractivity contribution in [1.29, 1.82) is 0 Å². The second-order valence-electron chi connectivity index (χ2n) is 5.18. The number of hydrogen-bond donors (Lipinski definition) is 1. The number of ether oxygens (including phenoxy) is 1. The summed E-state index contributed by atoms with van der Waals surface area (Å²) >= 11 is 0. The van der Waals surface area contributed by atoms with Crippen LogP contribution in [0, 0.1) is 0 Å². The van der Waals surface area contributed by atoms with Crippen molar-refractivity contribution in [1.82, 2.24) is 4.90 Å². The first kappa shape index (κ1) is 14.7. The van der Waals surface area contributed by atoms with E-state index in [1.165, 1.54) is 18.2 Å². The second-order valence-corrected chi connectivity index (χ2v) is 5.18. The number of amides is 1. The molecule has 2 N–H and O–H groups in total. The Bertz CT molecular complexity index is 488. The molecule has 0 radical (unpaired) electrons. The van der Waals surface area contributed by atoms with Gasteiger partial charge in [-0.2, -0.15) is 8.78 Å². The highest BCUT2D eigenvalue weighted by molar-refractivity contribution is 5.95. The molecule has 0 aromatic heterocycles. The minimum atomic E-state index is -2.90. The monoisotopic (exact) mass is 284 g/mol. The number of nitrogens with zero attached hydrogens (tertiary/aromatic N) is 1. The van der Waals surface area contributed by atoms with E-state index in [9.17, 15) is 13.6 Å². The van der Waals surface area contributed by atoms with Crippen LogP contribution < -0.4 is 10.5 Å². The van der Waals surface area contributed by atoms with Crippen LogP contribution in [-0.4, -0.2) is 36.0 Å². The predicted molar refractivity (Wildman–Crippen MR) is 70.8 cm³/mol. The number of likely N-dealkylation sites (tertiary alicyclic amines) is 1. The van der Waals surface area contributed by atoms with Gasteiger partial charge in [0.2, 0.25) is 0 Å². The molecule has 1 aliphatic heterocycles. The molecular formula is C14H18F2N2O2. The van der Waals surface area contributed by atoms with Crippen molar-refractivity contribution in [3.05, 3.63) is 29.8 Å². The maximum absolute atomic E-state index is 12.2. The van der Waals surface area contributed by atoms with Gasteiger partial charge in [0.05, 0.1) is 5.54 Å². The number of carbonyl (C=O) groups is 1. The minimum absolute atomic E-state index is 0.0149. The largest absolute Gasteiger partial charge is 0.435 e. The molecule has 1 aromatic rings. The summed E-state index contributed by atoms with van der Waals surface area (Å²) in [6.45, 7) is 0.148. The van der Waals surface area contributed by atoms with Crippen molar-refractivity contribution in [3.63, 3.8) is 0 Å². The van der Waals surface area contributed by atoms with E-state index >= 15 is 0 Å². The van der Waals surface area contributed by atoms with Gasteiger partial charge in [-0.25, -0.2) is 0 Å². The van der Waals surface area contributed by atoms with Gasteiger partial charge in [-0.15, -0.1) is 0 Å². The highest BCUT2D eigenvalue weighted by atomic mass is 19.3. The summed E-state index contributed by atoms with van der Waals surface area (Å²) in [5.41, 5.74) is 6.13. The van der Waals surface area contributed by atoms with Crippen molar-refractivity contribution in [2.24, 2.45) is 5.73 Å². The third kappa shape index (κ3) is 3.25. The molecule has 1 amide bonds. The van der Waals surface area contributed by atoms with E-state index in [0.717, 1.165) is 12.8 Å². The van der Waals surface area contributed by atoms with E-state index in [1.807, 2.05) is 6.92 Å². The van der Waals surface area contributed by atoms with Crippen LogP contribution in [0.1, 0.15) is 30.1 Å². The van der Waals surface area contributed by atoms with Crippen molar-refractivity contribution in [2.45, 2.75) is 31.9 Å². The lowest BCUT2D eigenvalue weighted by Crippen LogP contribution is -2.68. The molecule has 4 nitrogen and oxygen atoms in total. The SMILES string of the molecule is CCCC1(N)CN(C(=O)c2cccc(OC(F)F)c2)C1. The number of benzene rings is 1. The summed E-state index contributed by atoms with van der Waals surface area (Å²) in [6, 6.07) is 5.82. The average molecular weight is 284 g/mol. The Balaban J connectivity index is 2.00. The van der Waals surface area contributed by atoms with E-state index in [0.29, 0.717) is 18.7 Å². The minimum Gasteiger partial charge on any atom is -0.435 e. The van der Waals surface area contributed by atoms with Crippen LogP contribution >= 0.6 is 0 Å². The number of nitrogens with two attached hydrogens (primary N) is 1. The molecule has 0 spiro atoms. The highest BCUT2D eigenvalue weighted by Gasteiger charge is 2.41. The van der Waals surface area contributed by atoms with E-state index in [1.54, 1.807) is 11.0 Å². The lowest BCUT2D eigenvalue weighted by atomic mass is 9.86. The first-order valence-corrected chi connectivity index (χ1v) is 6.56. The summed E-state index contributed by atoms with van der Waals surface area (Å²) < 4.78 is 28.6. The average Bonchev–Trinajstić information content (AvgIpc) is 2.35. The Morgan fingerprint density at radius 2 is 2.20 bits per heavy atom. The van der Waals surface area contributed by atoms with Gasteiger partial charge in [-0.1, -0.05) is 19.4 Å². The summed E-state index contributed by atoms with van der Waals surface area (Å²) in [5, 5.41) is 0. The molecule has 110 valence electrons. The van der Waals surface area contributed by atoms with Crippen LogP contribution in [0.4, 0.5) is 8.78 Å². The van der Waals surface area contributed by atoms with Gasteiger partial charge in [0.15, 0.2) is 0 Å². The van der Waals surface area contributed by atoms with Crippen LogP contribution in [-0.2, 0) is 0 Å². The molecule has 1 aliphatic rings. The van der Waals surface area contributed by atoms with Gasteiger partial charge in [0.25, 0.3) is 5.91 Å². The molecule has 1 fully saturated rings. The summed E-state index contributed by atoms with van der Waals surface area (Å²) in [7, 11) is 0. The molecule has 0 aliphatic carbocycles. The van der Waals surface area contributed by atoms with Gasteiger partial charge in [0.1, 0.15) is 5.75 Å². The molecule has 1 heterocycles. The van der Waals surface area contributed by atoms with E-state index in [-0.39, 0.29) is 17.2 Å². The summed E-state index contributed by atoms with van der Waals surface area (Å²) in [4.78, 5) is 13.8. The number of carbonyl (C=O) groups excluding carboxylic acids is 1. The first-order chi connectivity index (χ1) is 9.43. The molecule has 0 bridgehead atoms. The lowest BCUT2D eigenvalue weighted by molar-refractivity contribution is -0.0499. The quantitative estimate of drug-likeness (QED) is 0.902. The topological polar surface area (TPSA) is 55.6 Å². The highest BCUT2D eigenvalue weighted by Crippen LogP contribution is 2.26. The fraction of sp³-hybridized carbons (Fsp3) is 0.500. The maximum Gasteiger partial charge on any atom is 0.387 e. The van der Waals surface area contributed by atoms with Crippen LogP contribution in [0.2, 0.25) is 0 Å². The molecule has 6 heteroatoms. The zero-order valence-corrected chi connectivity index (χ0v) is 11.3. The van der Waals surface area contributed by atoms with Gasteiger partial charge in [-0.05, 0) is 24.6 Å². The molecular weight excluding hydrogens is 266 g/mol. The molecule has 0 atom stereocenters. The standard InChI is InChI=1S/C14H18F2N2O2/c1-2-6-14(17)8-18(9-14)12(19)10-4-3-5-11(7-10)20-13(15)16/h3-5,7,13H,2,6,8-9,17H2,1H3. The number of alkyl halides is 2. The van der Waals surface area contributed by atoms with Crippen LogP contribution in [0.25, 0.3) is 0 Å². The van der Waals surface area contributed by atoms with Crippen molar-refractivity contribution < 1.29 is 18.3 Å². The zero-order chi connectivity index (χ0) is 14.8. The fourth-order valence-electron chi connectivity index (χ4n) is 2.50. The van der Waals surface area contributed by atoms with Gasteiger partial charge >= 0.3 is 6.61 Å². The summed E-state index contributed by atoms with van der Waals surface area (Å²) in [5.74, 6) is -0.221. The molecule has 1 aromatic carbocycles. The molecule has 0 saturated carbocycles. The first-order valence-electron chi connectivity index (χ1n) is 6.56. The lowest BCUT2D eigenvalue weighted by Gasteiger charge is -2.47. The molecule has 0 unspecified atom stereocenters. The van der Waals surface area contributed by atoms with Crippen LogP contribution in [0.3, 0.4) is 0 Å². The van der Waals surface area contributed by atoms with Gasteiger partial charge < -0.3 is 15.4 Å². The number of rotatable bonds is 5. The smallest absolute Gasteiger partial charge is 0.387 e. The van der Waals surface area contributed by atoms with Gasteiger partial charge in [0, 0.05) is 18.7 Å². The molecule has 20 heavy (non-hydrogen) atoms. The maximum atomic E-state index is 12.2. The normalized spacial score (nSPS) is 16.9. The Labute approximate surface area is 116 Å². The van der Waals surface area contributed by atoms with Crippen molar-refractivity contribution in [3.8, 4) is 5.75 Å². The fourth-order valence-corrected chi connectivity index (χ4v) is 2.50. The summed E-state index contributed by atoms with van der Waals surface area (Å²) in [6.07, 6.45) is 1.83. The predicted octanol–water partition coefficient (Wildman–Crippen LogP) is 2.24. The Morgan fingerprint density at radius 3 is 2.80 bits per heavy atom. The third-order valence-corrected chi connectivity index (χ3v) is 3.35. The third-order valence-electron chi connectivity index (χ3n) is 3.35. The Kier molecular flexibility index (Phi) is 4.23. The molecule has 2 rings (SSSR count). The number of halogens is 2. The van der Waals surface area contributed by atoms with E-state index < -0.39 is 6.61 Å². The second kappa shape index (κ2) is 5.75. The van der Waals surface area contributed by atoms with Crippen molar-refractivity contribution >= 4 is 5.91 Å². The zero-order valence-electron chi connectivity index (χ0n) is 11.3. The Hall–Kier alpha value is -1.69. The van der Waals surface area contributed by atoms with Crippen LogP contribution in [0.15, 0.2) is 24.3 Å². The van der Waals surface area contributed by atoms with E-state index in [2.05, 4.69) is 4.74 Å². The number of hydrogen-bond acceptors (Lipinski definition) is 3. The van der Waals surface area contributed by atoms with Crippen LogP contribution in [0.5, 0.6) is 5.75 Å². The van der Waals surface area contributed by atoms with E-state index in [4.69, 9.17) is 5.73 Å². The molecule has 1 saturated heterocycles.